The monoisotopic (exact) mass is 292 g/mol. The quantitative estimate of drug-likeness (QED) is 0.854. The van der Waals surface area contributed by atoms with E-state index in [-0.39, 0.29) is 0 Å². The first-order chi connectivity index (χ1) is 9.74. The summed E-state index contributed by atoms with van der Waals surface area (Å²) in [4.78, 5) is 17.0. The highest BCUT2D eigenvalue weighted by Gasteiger charge is 2.30. The van der Waals surface area contributed by atoms with Crippen LogP contribution in [-0.4, -0.2) is 41.9 Å². The summed E-state index contributed by atoms with van der Waals surface area (Å²) in [5.74, 6) is 0.998. The third kappa shape index (κ3) is 3.07. The fraction of sp³-hybridized carbons (Fsp3) is 0.688. The molecule has 110 valence electrons. The fourth-order valence-electron chi connectivity index (χ4n) is 3.55. The van der Waals surface area contributed by atoms with Crippen LogP contribution in [0.4, 0.5) is 0 Å². The summed E-state index contributed by atoms with van der Waals surface area (Å²) in [6.07, 6.45) is 4.84. The van der Waals surface area contributed by atoms with Crippen molar-refractivity contribution < 1.29 is 4.79 Å². The first-order valence-corrected chi connectivity index (χ1v) is 8.72. The minimum Gasteiger partial charge on any atom is -0.341 e. The molecule has 2 fully saturated rings. The van der Waals surface area contributed by atoms with Gasteiger partial charge < -0.3 is 4.90 Å². The van der Waals surface area contributed by atoms with Crippen molar-refractivity contribution in [3.8, 4) is 0 Å². The van der Waals surface area contributed by atoms with Gasteiger partial charge in [-0.05, 0) is 60.5 Å². The van der Waals surface area contributed by atoms with Crippen LogP contribution in [0.1, 0.15) is 44.2 Å². The second kappa shape index (κ2) is 6.27. The van der Waals surface area contributed by atoms with Gasteiger partial charge in [0.05, 0.1) is 6.54 Å². The van der Waals surface area contributed by atoms with Crippen molar-refractivity contribution in [2.75, 3.05) is 26.2 Å². The number of carbonyl (C=O) groups is 1. The van der Waals surface area contributed by atoms with Crippen molar-refractivity contribution in [2.45, 2.75) is 38.6 Å². The van der Waals surface area contributed by atoms with Crippen LogP contribution in [0, 0.1) is 5.92 Å². The maximum atomic E-state index is 12.5. The second-order valence-electron chi connectivity index (χ2n) is 6.27. The van der Waals surface area contributed by atoms with Gasteiger partial charge in [-0.25, -0.2) is 0 Å². The number of amides is 1. The van der Waals surface area contributed by atoms with Gasteiger partial charge >= 0.3 is 0 Å². The van der Waals surface area contributed by atoms with Gasteiger partial charge in [0.25, 0.3) is 0 Å². The average molecular weight is 292 g/mol. The van der Waals surface area contributed by atoms with Gasteiger partial charge in [0, 0.05) is 19.1 Å². The van der Waals surface area contributed by atoms with Crippen LogP contribution in [0.5, 0.6) is 0 Å². The number of thiophene rings is 1. The number of likely N-dealkylation sites (tertiary alicyclic amines) is 2. The maximum Gasteiger partial charge on any atom is 0.236 e. The van der Waals surface area contributed by atoms with Gasteiger partial charge in [0.1, 0.15) is 0 Å². The van der Waals surface area contributed by atoms with E-state index in [9.17, 15) is 4.79 Å². The summed E-state index contributed by atoms with van der Waals surface area (Å²) in [5, 5.41) is 4.37. The maximum absolute atomic E-state index is 12.5. The molecular formula is C16H24N2OS. The molecule has 0 aliphatic carbocycles. The van der Waals surface area contributed by atoms with Crippen LogP contribution < -0.4 is 0 Å². The highest BCUT2D eigenvalue weighted by molar-refractivity contribution is 7.07. The molecule has 1 aromatic heterocycles. The molecule has 2 aliphatic rings. The molecule has 0 N–H and O–H groups in total. The topological polar surface area (TPSA) is 23.6 Å². The van der Waals surface area contributed by atoms with Crippen molar-refractivity contribution in [1.82, 2.24) is 9.80 Å². The zero-order chi connectivity index (χ0) is 13.9. The summed E-state index contributed by atoms with van der Waals surface area (Å²) in [7, 11) is 0. The molecule has 20 heavy (non-hydrogen) atoms. The van der Waals surface area contributed by atoms with Crippen LogP contribution in [0.3, 0.4) is 0 Å². The molecule has 0 saturated carbocycles. The summed E-state index contributed by atoms with van der Waals surface area (Å²) in [6, 6.07) is 2.67. The number of piperidine rings is 1. The van der Waals surface area contributed by atoms with E-state index in [0.717, 1.165) is 19.6 Å². The minimum atomic E-state index is 0.332. The van der Waals surface area contributed by atoms with E-state index < -0.39 is 0 Å². The highest BCUT2D eigenvalue weighted by atomic mass is 32.1. The van der Waals surface area contributed by atoms with E-state index >= 15 is 0 Å². The highest BCUT2D eigenvalue weighted by Crippen LogP contribution is 2.32. The molecule has 1 amide bonds. The van der Waals surface area contributed by atoms with Gasteiger partial charge in [-0.15, -0.1) is 0 Å². The Kier molecular flexibility index (Phi) is 4.41. The molecule has 0 spiro atoms. The van der Waals surface area contributed by atoms with Crippen molar-refractivity contribution in [3.63, 3.8) is 0 Å². The number of carbonyl (C=O) groups excluding carboxylic acids is 1. The molecule has 3 nitrogen and oxygen atoms in total. The van der Waals surface area contributed by atoms with Crippen molar-refractivity contribution in [1.29, 1.82) is 0 Å². The Hall–Kier alpha value is -0.870. The van der Waals surface area contributed by atoms with Crippen LogP contribution in [0.2, 0.25) is 0 Å². The second-order valence-corrected chi connectivity index (χ2v) is 7.05. The molecule has 1 aromatic rings. The third-order valence-corrected chi connectivity index (χ3v) is 5.34. The number of rotatable bonds is 3. The molecule has 0 aromatic carbocycles. The lowest BCUT2D eigenvalue weighted by molar-refractivity contribution is -0.134. The predicted octanol–water partition coefficient (Wildman–Crippen LogP) is 3.14. The van der Waals surface area contributed by atoms with Crippen LogP contribution >= 0.6 is 11.3 Å². The molecule has 2 saturated heterocycles. The fourth-order valence-corrected chi connectivity index (χ4v) is 4.25. The Labute approximate surface area is 125 Å². The summed E-state index contributed by atoms with van der Waals surface area (Å²) >= 11 is 1.75. The molecule has 3 rings (SSSR count). The lowest BCUT2D eigenvalue weighted by atomic mass is 10.0. The molecular weight excluding hydrogens is 268 g/mol. The summed E-state index contributed by atoms with van der Waals surface area (Å²) in [5.41, 5.74) is 1.40. The summed E-state index contributed by atoms with van der Waals surface area (Å²) in [6.45, 7) is 5.84. The predicted molar refractivity (Wildman–Crippen MR) is 82.8 cm³/mol. The first kappa shape index (κ1) is 14.1. The van der Waals surface area contributed by atoms with Crippen molar-refractivity contribution >= 4 is 17.2 Å². The third-order valence-electron chi connectivity index (χ3n) is 4.64. The molecule has 2 aliphatic heterocycles. The van der Waals surface area contributed by atoms with Gasteiger partial charge in [0.15, 0.2) is 0 Å². The van der Waals surface area contributed by atoms with Gasteiger partial charge in [-0.2, -0.15) is 11.3 Å². The Morgan fingerprint density at radius 1 is 1.35 bits per heavy atom. The molecule has 0 bridgehead atoms. The van der Waals surface area contributed by atoms with Crippen molar-refractivity contribution in [3.05, 3.63) is 22.4 Å². The van der Waals surface area contributed by atoms with Crippen LogP contribution in [0.15, 0.2) is 16.8 Å². The van der Waals surface area contributed by atoms with Gasteiger partial charge in [-0.3, -0.25) is 9.69 Å². The standard InChI is InChI=1S/C16H24N2OS/c1-13-4-2-8-18(10-13)16(19)11-17-7-3-5-15(17)14-6-9-20-12-14/h6,9,12-13,15H,2-5,7-8,10-11H2,1H3. The lowest BCUT2D eigenvalue weighted by Crippen LogP contribution is -2.44. The molecule has 2 unspecified atom stereocenters. The minimum absolute atomic E-state index is 0.332. The van der Waals surface area contributed by atoms with E-state index in [1.54, 1.807) is 11.3 Å². The molecule has 2 atom stereocenters. The Bertz CT molecular complexity index is 445. The van der Waals surface area contributed by atoms with Crippen LogP contribution in [0.25, 0.3) is 0 Å². The number of nitrogens with zero attached hydrogens (tertiary/aromatic N) is 2. The normalized spacial score (nSPS) is 27.9. The van der Waals surface area contributed by atoms with Crippen molar-refractivity contribution in [2.24, 2.45) is 5.92 Å². The summed E-state index contributed by atoms with van der Waals surface area (Å²) < 4.78 is 0. The van der Waals surface area contributed by atoms with Crippen LogP contribution in [-0.2, 0) is 4.79 Å². The number of hydrogen-bond acceptors (Lipinski definition) is 3. The molecule has 0 radical (unpaired) electrons. The average Bonchev–Trinajstić information content (AvgIpc) is 3.08. The Morgan fingerprint density at radius 3 is 2.95 bits per heavy atom. The number of hydrogen-bond donors (Lipinski definition) is 0. The van der Waals surface area contributed by atoms with Gasteiger partial charge in [0.2, 0.25) is 5.91 Å². The SMILES string of the molecule is CC1CCCN(C(=O)CN2CCCC2c2ccsc2)C1. The molecule has 4 heteroatoms. The zero-order valence-corrected chi connectivity index (χ0v) is 13.1. The van der Waals surface area contributed by atoms with E-state index in [1.165, 1.54) is 31.2 Å². The lowest BCUT2D eigenvalue weighted by Gasteiger charge is -2.33. The van der Waals surface area contributed by atoms with E-state index in [0.29, 0.717) is 24.4 Å². The zero-order valence-electron chi connectivity index (χ0n) is 12.3. The largest absolute Gasteiger partial charge is 0.341 e. The Morgan fingerprint density at radius 2 is 2.20 bits per heavy atom. The van der Waals surface area contributed by atoms with E-state index in [4.69, 9.17) is 0 Å². The first-order valence-electron chi connectivity index (χ1n) is 7.78. The van der Waals surface area contributed by atoms with E-state index in [2.05, 4.69) is 33.6 Å². The van der Waals surface area contributed by atoms with Gasteiger partial charge in [-0.1, -0.05) is 6.92 Å². The Balaban J connectivity index is 1.60. The molecule has 3 heterocycles. The van der Waals surface area contributed by atoms with E-state index in [1.807, 2.05) is 0 Å². The smallest absolute Gasteiger partial charge is 0.236 e.